The van der Waals surface area contributed by atoms with E-state index in [4.69, 9.17) is 5.11 Å². The average molecular weight is 176 g/mol. The number of hydrogen-bond acceptors (Lipinski definition) is 1. The predicted octanol–water partition coefficient (Wildman–Crippen LogP) is 2.40. The molecular weight excluding hydrogens is 157 g/mol. The number of rotatable bonds is 0. The molecule has 0 unspecified atom stereocenters. The van der Waals surface area contributed by atoms with Crippen LogP contribution in [0.1, 0.15) is 41.5 Å². The molecule has 0 rings (SSSR count). The van der Waals surface area contributed by atoms with Gasteiger partial charge in [0.15, 0.2) is 0 Å². The molecule has 1 radical (unpaired) electrons. The van der Waals surface area contributed by atoms with Gasteiger partial charge in [-0.1, -0.05) is 0 Å². The van der Waals surface area contributed by atoms with Crippen LogP contribution >= 0.6 is 0 Å². The summed E-state index contributed by atoms with van der Waals surface area (Å²) >= 11 is 0. The second-order valence-corrected chi connectivity index (χ2v) is 3.67. The maximum atomic E-state index is 8.52. The van der Waals surface area contributed by atoms with E-state index in [1.807, 2.05) is 0 Å². The summed E-state index contributed by atoms with van der Waals surface area (Å²) in [5.41, 5.74) is -0.500. The van der Waals surface area contributed by atoms with E-state index >= 15 is 0 Å². The summed E-state index contributed by atoms with van der Waals surface area (Å²) < 4.78 is 0. The Balaban J connectivity index is -0.0000000910. The summed E-state index contributed by atoms with van der Waals surface area (Å²) in [6, 6.07) is 0. The fraction of sp³-hybridized carbons (Fsp3) is 0.875. The Morgan fingerprint density at radius 3 is 1.00 bits per heavy atom. The molecule has 0 aromatic heterocycles. The minimum Gasteiger partial charge on any atom is -0.391 e. The molecule has 1 nitrogen and oxygen atoms in total. The van der Waals surface area contributed by atoms with Crippen LogP contribution in [0, 0.1) is 5.92 Å². The molecule has 10 heavy (non-hydrogen) atoms. The van der Waals surface area contributed by atoms with Gasteiger partial charge in [0.1, 0.15) is 0 Å². The maximum Gasteiger partial charge on any atom is 0.0563 e. The topological polar surface area (TPSA) is 20.2 Å². The van der Waals surface area contributed by atoms with Crippen molar-refractivity contribution in [1.82, 2.24) is 0 Å². The van der Waals surface area contributed by atoms with Crippen molar-refractivity contribution in [3.8, 4) is 0 Å². The van der Waals surface area contributed by atoms with E-state index in [0.717, 1.165) is 0 Å². The summed E-state index contributed by atoms with van der Waals surface area (Å²) in [5.74, 6) is 1.42. The van der Waals surface area contributed by atoms with Crippen LogP contribution in [0.15, 0.2) is 0 Å². The van der Waals surface area contributed by atoms with Crippen molar-refractivity contribution < 1.29 is 30.9 Å². The Kier molecular flexibility index (Phi) is 13.5. The van der Waals surface area contributed by atoms with Crippen LogP contribution in [0.3, 0.4) is 0 Å². The van der Waals surface area contributed by atoms with E-state index < -0.39 is 5.60 Å². The second-order valence-electron chi connectivity index (χ2n) is 3.67. The SMILES string of the molecule is CC(C)(C)O.C[C-](C)C.[Sc]. The molecule has 0 aliphatic rings. The molecule has 0 heterocycles. The molecule has 0 atom stereocenters. The van der Waals surface area contributed by atoms with Crippen molar-refractivity contribution in [2.75, 3.05) is 0 Å². The molecule has 0 aromatic carbocycles. The van der Waals surface area contributed by atoms with E-state index in [0.29, 0.717) is 0 Å². The second kappa shape index (κ2) is 7.93. The zero-order valence-electron chi connectivity index (χ0n) is 8.02. The van der Waals surface area contributed by atoms with Crippen molar-refractivity contribution in [1.29, 1.82) is 0 Å². The molecular formula is C8H19OSc-. The summed E-state index contributed by atoms with van der Waals surface area (Å²) in [6.45, 7) is 11.5. The first-order valence-corrected chi connectivity index (χ1v) is 3.22. The van der Waals surface area contributed by atoms with Gasteiger partial charge in [0.25, 0.3) is 0 Å². The summed E-state index contributed by atoms with van der Waals surface area (Å²) in [6.07, 6.45) is 0. The first-order valence-electron chi connectivity index (χ1n) is 3.22. The quantitative estimate of drug-likeness (QED) is 0.562. The number of aliphatic hydroxyl groups is 1. The molecule has 0 aromatic rings. The van der Waals surface area contributed by atoms with Gasteiger partial charge in [-0.2, -0.15) is 20.8 Å². The third-order valence-electron chi connectivity index (χ3n) is 0. The fourth-order valence-electron chi connectivity index (χ4n) is 0. The minimum atomic E-state index is -0.500. The molecule has 61 valence electrons. The fourth-order valence-corrected chi connectivity index (χ4v) is 0. The zero-order valence-corrected chi connectivity index (χ0v) is 9.83. The molecule has 1 N–H and O–H groups in total. The Bertz CT molecular complexity index is 46.0. The van der Waals surface area contributed by atoms with E-state index in [1.165, 1.54) is 5.92 Å². The summed E-state index contributed by atoms with van der Waals surface area (Å²) in [7, 11) is 0. The van der Waals surface area contributed by atoms with Gasteiger partial charge >= 0.3 is 0 Å². The Hall–Kier alpha value is 0.830. The first kappa shape index (κ1) is 17.1. The first-order chi connectivity index (χ1) is 3.73. The van der Waals surface area contributed by atoms with Crippen molar-refractivity contribution >= 4 is 0 Å². The van der Waals surface area contributed by atoms with Crippen LogP contribution in [0.2, 0.25) is 0 Å². The molecule has 0 saturated heterocycles. The molecule has 0 fully saturated rings. The van der Waals surface area contributed by atoms with Crippen LogP contribution < -0.4 is 0 Å². The Labute approximate surface area is 84.0 Å². The van der Waals surface area contributed by atoms with Gasteiger partial charge < -0.3 is 11.0 Å². The third kappa shape index (κ3) is 786. The molecule has 2 heteroatoms. The van der Waals surface area contributed by atoms with E-state index in [9.17, 15) is 0 Å². The monoisotopic (exact) mass is 176 g/mol. The van der Waals surface area contributed by atoms with Crippen LogP contribution in [-0.4, -0.2) is 10.7 Å². The molecule has 0 saturated carbocycles. The standard InChI is InChI=1S/C4H10O.C4H9.Sc/c1-4(2,3)5;1-4(2)3;/h5H,1-3H3;1-3H3;/q;-1;. The maximum absolute atomic E-state index is 8.52. The zero-order chi connectivity index (χ0) is 8.08. The number of hydrogen-bond donors (Lipinski definition) is 1. The molecule has 0 aliphatic heterocycles. The molecule has 0 aliphatic carbocycles. The van der Waals surface area contributed by atoms with Crippen molar-refractivity contribution in [3.05, 3.63) is 5.92 Å². The smallest absolute Gasteiger partial charge is 0.0563 e. The van der Waals surface area contributed by atoms with Crippen molar-refractivity contribution in [2.45, 2.75) is 47.1 Å². The van der Waals surface area contributed by atoms with Gasteiger partial charge in [-0.05, 0) is 20.8 Å². The normalized spacial score (nSPS) is 9.60. The molecule has 0 amide bonds. The van der Waals surface area contributed by atoms with E-state index in [1.54, 1.807) is 20.8 Å². The van der Waals surface area contributed by atoms with Gasteiger partial charge in [0, 0.05) is 25.8 Å². The van der Waals surface area contributed by atoms with Crippen LogP contribution in [0.25, 0.3) is 0 Å². The van der Waals surface area contributed by atoms with Crippen LogP contribution in [0.5, 0.6) is 0 Å². The predicted molar refractivity (Wildman–Crippen MR) is 42.2 cm³/mol. The molecule has 0 spiro atoms. The van der Waals surface area contributed by atoms with Gasteiger partial charge in [0.05, 0.1) is 5.60 Å². The van der Waals surface area contributed by atoms with Gasteiger partial charge in [-0.15, -0.1) is 0 Å². The largest absolute Gasteiger partial charge is 0.391 e. The molecule has 0 bridgehead atoms. The minimum absolute atomic E-state index is 0. The van der Waals surface area contributed by atoms with Gasteiger partial charge in [0.2, 0.25) is 0 Å². The Morgan fingerprint density at radius 1 is 1.00 bits per heavy atom. The summed E-state index contributed by atoms with van der Waals surface area (Å²) in [4.78, 5) is 0. The van der Waals surface area contributed by atoms with Crippen LogP contribution in [-0.2, 0) is 25.8 Å². The van der Waals surface area contributed by atoms with Crippen molar-refractivity contribution in [3.63, 3.8) is 0 Å². The Morgan fingerprint density at radius 2 is 1.00 bits per heavy atom. The average Bonchev–Trinajstić information content (AvgIpc) is 1.19. The van der Waals surface area contributed by atoms with Crippen molar-refractivity contribution in [2.24, 2.45) is 0 Å². The van der Waals surface area contributed by atoms with Gasteiger partial charge in [-0.25, -0.2) is 0 Å². The van der Waals surface area contributed by atoms with Crippen LogP contribution in [0.4, 0.5) is 0 Å². The van der Waals surface area contributed by atoms with E-state index in [-0.39, 0.29) is 25.8 Å². The third-order valence-corrected chi connectivity index (χ3v) is 0. The van der Waals surface area contributed by atoms with Gasteiger partial charge in [-0.3, -0.25) is 0 Å². The van der Waals surface area contributed by atoms with E-state index in [2.05, 4.69) is 20.8 Å². The summed E-state index contributed by atoms with van der Waals surface area (Å²) in [5, 5.41) is 8.52.